The van der Waals surface area contributed by atoms with Gasteiger partial charge in [-0.2, -0.15) is 0 Å². The first kappa shape index (κ1) is 45.0. The van der Waals surface area contributed by atoms with Gasteiger partial charge < -0.3 is 53.2 Å². The van der Waals surface area contributed by atoms with E-state index in [1.165, 1.54) is 0 Å². The second kappa shape index (κ2) is 24.2. The zero-order valence-corrected chi connectivity index (χ0v) is 30.2. The Balaban J connectivity index is 4.40. The fraction of sp³-hybridized carbons (Fsp3) is 0.886. The van der Waals surface area contributed by atoms with Crippen LogP contribution in [0.1, 0.15) is 74.7 Å². The molecule has 11 heteroatoms. The van der Waals surface area contributed by atoms with Gasteiger partial charge in [0, 0.05) is 13.2 Å². The highest BCUT2D eigenvalue weighted by Crippen LogP contribution is 2.40. The molecule has 0 fully saturated rings. The summed E-state index contributed by atoms with van der Waals surface area (Å²) in [5.74, 6) is 0. The van der Waals surface area contributed by atoms with Gasteiger partial charge in [0.05, 0.1) is 89.5 Å². The summed E-state index contributed by atoms with van der Waals surface area (Å²) >= 11 is 0. The lowest BCUT2D eigenvalue weighted by Crippen LogP contribution is -2.48. The van der Waals surface area contributed by atoms with Gasteiger partial charge in [-0.25, -0.2) is 0 Å². The molecular weight excluding hydrogens is 596 g/mol. The molecule has 0 saturated carbocycles. The van der Waals surface area contributed by atoms with Gasteiger partial charge in [0.1, 0.15) is 18.3 Å². The molecule has 11 nitrogen and oxygen atoms in total. The van der Waals surface area contributed by atoms with Gasteiger partial charge in [-0.05, 0) is 59.3 Å². The Hall–Kier alpha value is -0.960. The Morgan fingerprint density at radius 3 is 1.50 bits per heavy atom. The second-order valence-corrected chi connectivity index (χ2v) is 13.8. The van der Waals surface area contributed by atoms with Crippen molar-refractivity contribution in [3.8, 4) is 0 Å². The minimum Gasteiger partial charge on any atom is -0.388 e. The van der Waals surface area contributed by atoms with E-state index in [0.29, 0.717) is 52.7 Å². The average Bonchev–Trinajstić information content (AvgIpc) is 2.98. The molecule has 0 aliphatic carbocycles. The van der Waals surface area contributed by atoms with Crippen LogP contribution >= 0.6 is 0 Å². The van der Waals surface area contributed by atoms with E-state index < -0.39 is 35.1 Å². The topological polar surface area (TPSA) is 135 Å². The lowest BCUT2D eigenvalue weighted by molar-refractivity contribution is -0.176. The minimum absolute atomic E-state index is 0.0711. The number of hydrogen-bond acceptors (Lipinski definition) is 11. The fourth-order valence-corrected chi connectivity index (χ4v) is 4.26. The molecule has 0 aromatic heterocycles. The molecule has 0 bridgehead atoms. The monoisotopic (exact) mass is 664 g/mol. The summed E-state index contributed by atoms with van der Waals surface area (Å²) < 4.78 is 45.8. The summed E-state index contributed by atoms with van der Waals surface area (Å²) in [5.41, 5.74) is -1.49. The first-order valence-corrected chi connectivity index (χ1v) is 16.6. The maximum absolute atomic E-state index is 10.1. The van der Waals surface area contributed by atoms with Crippen LogP contribution in [0.4, 0.5) is 0 Å². The summed E-state index contributed by atoms with van der Waals surface area (Å²) in [5, 5.41) is 29.7. The quantitative estimate of drug-likeness (QED) is 0.0709. The first-order chi connectivity index (χ1) is 21.5. The average molecular weight is 665 g/mol. The predicted molar refractivity (Wildman–Crippen MR) is 180 cm³/mol. The van der Waals surface area contributed by atoms with Crippen LogP contribution in [0.3, 0.4) is 0 Å². The summed E-state index contributed by atoms with van der Waals surface area (Å²) in [6, 6.07) is 0. The summed E-state index contributed by atoms with van der Waals surface area (Å²) in [7, 11) is 0. The van der Waals surface area contributed by atoms with Crippen LogP contribution in [0.15, 0.2) is 25.3 Å². The summed E-state index contributed by atoms with van der Waals surface area (Å²) in [6.07, 6.45) is 3.33. The molecule has 0 aliphatic heterocycles. The van der Waals surface area contributed by atoms with E-state index in [1.807, 2.05) is 27.7 Å². The van der Waals surface area contributed by atoms with Crippen molar-refractivity contribution in [2.45, 2.75) is 110 Å². The molecule has 3 N–H and O–H groups in total. The van der Waals surface area contributed by atoms with Crippen molar-refractivity contribution in [1.82, 2.24) is 0 Å². The number of ether oxygens (including phenoxy) is 8. The SMILES string of the molecule is C=CCOCC(O)COCCOC(C)(C)COC(C)(CC)C(C)(C)CCOC(C)(C)CCOCC(O)COCC(O)COCC=C. The number of aliphatic hydroxyl groups is 3. The molecular formula is C35H68O11. The van der Waals surface area contributed by atoms with Crippen molar-refractivity contribution in [3.05, 3.63) is 25.3 Å². The van der Waals surface area contributed by atoms with Crippen LogP contribution in [0.2, 0.25) is 0 Å². The largest absolute Gasteiger partial charge is 0.388 e. The molecule has 0 radical (unpaired) electrons. The molecule has 274 valence electrons. The van der Waals surface area contributed by atoms with Gasteiger partial charge in [0.2, 0.25) is 0 Å². The van der Waals surface area contributed by atoms with Crippen molar-refractivity contribution in [2.24, 2.45) is 5.41 Å². The smallest absolute Gasteiger partial charge is 0.101 e. The van der Waals surface area contributed by atoms with Crippen LogP contribution in [0.25, 0.3) is 0 Å². The van der Waals surface area contributed by atoms with E-state index in [1.54, 1.807) is 12.2 Å². The van der Waals surface area contributed by atoms with Crippen molar-refractivity contribution >= 4 is 0 Å². The molecule has 0 aromatic carbocycles. The molecule has 0 aliphatic rings. The van der Waals surface area contributed by atoms with E-state index in [2.05, 4.69) is 40.9 Å². The van der Waals surface area contributed by atoms with E-state index in [-0.39, 0.29) is 45.1 Å². The van der Waals surface area contributed by atoms with Crippen molar-refractivity contribution in [1.29, 1.82) is 0 Å². The third-order valence-corrected chi connectivity index (χ3v) is 7.97. The van der Waals surface area contributed by atoms with Gasteiger partial charge in [0.15, 0.2) is 0 Å². The van der Waals surface area contributed by atoms with Crippen LogP contribution in [0.5, 0.6) is 0 Å². The van der Waals surface area contributed by atoms with Crippen LogP contribution in [-0.4, -0.2) is 136 Å². The third-order valence-electron chi connectivity index (χ3n) is 7.97. The summed E-state index contributed by atoms with van der Waals surface area (Å²) in [4.78, 5) is 0. The first-order valence-electron chi connectivity index (χ1n) is 16.6. The fourth-order valence-electron chi connectivity index (χ4n) is 4.26. The summed E-state index contributed by atoms with van der Waals surface area (Å²) in [6.45, 7) is 27.7. The van der Waals surface area contributed by atoms with Crippen molar-refractivity contribution < 1.29 is 53.2 Å². The minimum atomic E-state index is -0.784. The van der Waals surface area contributed by atoms with E-state index in [0.717, 1.165) is 12.8 Å². The second-order valence-electron chi connectivity index (χ2n) is 13.8. The molecule has 0 rings (SSSR count). The lowest BCUT2D eigenvalue weighted by Gasteiger charge is -2.45. The Labute approximate surface area is 279 Å². The van der Waals surface area contributed by atoms with Gasteiger partial charge in [0.25, 0.3) is 0 Å². The highest BCUT2D eigenvalue weighted by molar-refractivity contribution is 4.91. The van der Waals surface area contributed by atoms with Gasteiger partial charge in [-0.1, -0.05) is 32.9 Å². The van der Waals surface area contributed by atoms with Crippen LogP contribution in [0, 0.1) is 5.41 Å². The Morgan fingerprint density at radius 1 is 0.543 bits per heavy atom. The van der Waals surface area contributed by atoms with E-state index in [9.17, 15) is 15.3 Å². The van der Waals surface area contributed by atoms with Crippen LogP contribution in [-0.2, 0) is 37.9 Å². The van der Waals surface area contributed by atoms with Crippen molar-refractivity contribution in [2.75, 3.05) is 85.9 Å². The number of hydrogen-bond donors (Lipinski definition) is 3. The predicted octanol–water partition coefficient (Wildman–Crippen LogP) is 4.11. The Bertz CT molecular complexity index is 774. The molecule has 0 heterocycles. The normalized spacial score (nSPS) is 16.2. The Morgan fingerprint density at radius 2 is 1.00 bits per heavy atom. The number of rotatable bonds is 32. The molecule has 0 aromatic rings. The number of aliphatic hydroxyl groups excluding tert-OH is 3. The molecule has 4 unspecified atom stereocenters. The van der Waals surface area contributed by atoms with E-state index >= 15 is 0 Å². The van der Waals surface area contributed by atoms with Gasteiger partial charge in [-0.3, -0.25) is 0 Å². The maximum Gasteiger partial charge on any atom is 0.101 e. The third kappa shape index (κ3) is 21.8. The maximum atomic E-state index is 10.1. The zero-order chi connectivity index (χ0) is 35.1. The zero-order valence-electron chi connectivity index (χ0n) is 30.2. The van der Waals surface area contributed by atoms with Crippen LogP contribution < -0.4 is 0 Å². The van der Waals surface area contributed by atoms with Gasteiger partial charge >= 0.3 is 0 Å². The molecule has 46 heavy (non-hydrogen) atoms. The standard InChI is InChI=1S/C35H68O11/c1-11-16-39-22-29(36)25-42-20-21-45-34(8,9)28-46-35(10,13-3)32(4,5)14-19-44-33(6,7)15-18-41-24-31(38)27-43-26-30(37)23-40-17-12-2/h11-12,29-31,36-38H,1-2,13-28H2,3-10H3. The molecule has 0 amide bonds. The molecule has 0 spiro atoms. The van der Waals surface area contributed by atoms with E-state index in [4.69, 9.17) is 37.9 Å². The molecule has 4 atom stereocenters. The highest BCUT2D eigenvalue weighted by atomic mass is 16.6. The molecule has 0 saturated heterocycles. The highest BCUT2D eigenvalue weighted by Gasteiger charge is 2.42. The van der Waals surface area contributed by atoms with Crippen molar-refractivity contribution in [3.63, 3.8) is 0 Å². The lowest BCUT2D eigenvalue weighted by atomic mass is 9.72. The Kier molecular flexibility index (Phi) is 23.7. The van der Waals surface area contributed by atoms with Gasteiger partial charge in [-0.15, -0.1) is 13.2 Å².